The maximum Gasteiger partial charge on any atom is 0.165 e. The second kappa shape index (κ2) is 7.05. The van der Waals surface area contributed by atoms with E-state index in [-0.39, 0.29) is 11.9 Å². The number of hydrogen-bond donors (Lipinski definition) is 1. The molecule has 0 aliphatic heterocycles. The van der Waals surface area contributed by atoms with Crippen LogP contribution in [-0.4, -0.2) is 22.2 Å². The van der Waals surface area contributed by atoms with Crippen molar-refractivity contribution in [2.24, 2.45) is 5.73 Å². The van der Waals surface area contributed by atoms with Gasteiger partial charge >= 0.3 is 0 Å². The Morgan fingerprint density at radius 1 is 1.45 bits per heavy atom. The molecule has 1 aromatic carbocycles. The van der Waals surface area contributed by atoms with Crippen molar-refractivity contribution in [3.63, 3.8) is 0 Å². The summed E-state index contributed by atoms with van der Waals surface area (Å²) in [7, 11) is 0. The van der Waals surface area contributed by atoms with Crippen LogP contribution in [-0.2, 0) is 13.0 Å². The molecule has 1 atom stereocenters. The summed E-state index contributed by atoms with van der Waals surface area (Å²) in [5, 5.41) is 0. The minimum absolute atomic E-state index is 0.0244. The van der Waals surface area contributed by atoms with Gasteiger partial charge in [-0.1, -0.05) is 6.07 Å². The van der Waals surface area contributed by atoms with Crippen LogP contribution in [0.15, 0.2) is 36.9 Å². The normalized spacial score (nSPS) is 12.3. The summed E-state index contributed by atoms with van der Waals surface area (Å²) >= 11 is 0. The number of ether oxygens (including phenoxy) is 1. The van der Waals surface area contributed by atoms with E-state index >= 15 is 0 Å². The smallest absolute Gasteiger partial charge is 0.165 e. The zero-order chi connectivity index (χ0) is 14.4. The van der Waals surface area contributed by atoms with Crippen molar-refractivity contribution in [2.45, 2.75) is 32.4 Å². The Balaban J connectivity index is 1.80. The summed E-state index contributed by atoms with van der Waals surface area (Å²) in [5.74, 6) is -0.0326. The molecule has 0 aliphatic rings. The van der Waals surface area contributed by atoms with Gasteiger partial charge in [0.15, 0.2) is 11.6 Å². The number of rotatable bonds is 7. The van der Waals surface area contributed by atoms with Gasteiger partial charge in [-0.2, -0.15) is 0 Å². The molecule has 0 saturated carbocycles. The Morgan fingerprint density at radius 3 is 2.95 bits per heavy atom. The number of halogens is 1. The SMILES string of the molecule is CC(N)Cc1ccc(OCCCn2ccnc2)c(F)c1. The largest absolute Gasteiger partial charge is 0.490 e. The van der Waals surface area contributed by atoms with Gasteiger partial charge in [-0.05, 0) is 37.5 Å². The second-order valence-corrected chi connectivity index (χ2v) is 4.95. The van der Waals surface area contributed by atoms with Crippen molar-refractivity contribution in [2.75, 3.05) is 6.61 Å². The molecule has 2 rings (SSSR count). The van der Waals surface area contributed by atoms with E-state index in [1.165, 1.54) is 6.07 Å². The molecule has 5 heteroatoms. The lowest BCUT2D eigenvalue weighted by molar-refractivity contribution is 0.287. The standard InChI is InChI=1S/C15H20FN3O/c1-12(17)9-13-3-4-15(14(16)10-13)20-8-2-6-19-7-5-18-11-19/h3-5,7,10-12H,2,6,8-9,17H2,1H3. The first-order valence-electron chi connectivity index (χ1n) is 6.77. The number of benzene rings is 1. The predicted octanol–water partition coefficient (Wildman–Crippen LogP) is 2.38. The molecule has 0 radical (unpaired) electrons. The van der Waals surface area contributed by atoms with Crippen LogP contribution in [0.5, 0.6) is 5.75 Å². The highest BCUT2D eigenvalue weighted by molar-refractivity contribution is 5.29. The van der Waals surface area contributed by atoms with Gasteiger partial charge in [-0.25, -0.2) is 9.37 Å². The molecule has 0 amide bonds. The molecule has 2 aromatic rings. The fraction of sp³-hybridized carbons (Fsp3) is 0.400. The molecule has 1 unspecified atom stereocenters. The third-order valence-electron chi connectivity index (χ3n) is 2.93. The summed E-state index contributed by atoms with van der Waals surface area (Å²) in [6.45, 7) is 3.19. The number of imidazole rings is 1. The number of aromatic nitrogens is 2. The summed E-state index contributed by atoms with van der Waals surface area (Å²) in [5.41, 5.74) is 6.59. The van der Waals surface area contributed by atoms with Gasteiger partial charge in [0.1, 0.15) is 0 Å². The molecule has 20 heavy (non-hydrogen) atoms. The molecule has 1 aromatic heterocycles. The quantitative estimate of drug-likeness (QED) is 0.791. The average Bonchev–Trinajstić information content (AvgIpc) is 2.89. The van der Waals surface area contributed by atoms with E-state index in [0.29, 0.717) is 18.8 Å². The van der Waals surface area contributed by atoms with Crippen molar-refractivity contribution in [1.82, 2.24) is 9.55 Å². The van der Waals surface area contributed by atoms with E-state index in [2.05, 4.69) is 4.98 Å². The molecule has 0 bridgehead atoms. The van der Waals surface area contributed by atoms with Gasteiger partial charge in [0.25, 0.3) is 0 Å². The zero-order valence-electron chi connectivity index (χ0n) is 11.6. The van der Waals surface area contributed by atoms with Crippen molar-refractivity contribution in [1.29, 1.82) is 0 Å². The topological polar surface area (TPSA) is 53.1 Å². The second-order valence-electron chi connectivity index (χ2n) is 4.95. The van der Waals surface area contributed by atoms with Crippen molar-refractivity contribution in [3.8, 4) is 5.75 Å². The fourth-order valence-electron chi connectivity index (χ4n) is 2.01. The lowest BCUT2D eigenvalue weighted by Crippen LogP contribution is -2.17. The minimum atomic E-state index is -0.328. The third-order valence-corrected chi connectivity index (χ3v) is 2.93. The van der Waals surface area contributed by atoms with Crippen LogP contribution < -0.4 is 10.5 Å². The van der Waals surface area contributed by atoms with Crippen molar-refractivity contribution in [3.05, 3.63) is 48.3 Å². The van der Waals surface area contributed by atoms with Gasteiger partial charge in [0.05, 0.1) is 12.9 Å². The number of hydrogen-bond acceptors (Lipinski definition) is 3. The van der Waals surface area contributed by atoms with Crippen molar-refractivity contribution < 1.29 is 9.13 Å². The van der Waals surface area contributed by atoms with Gasteiger partial charge in [-0.3, -0.25) is 0 Å². The van der Waals surface area contributed by atoms with E-state index in [1.807, 2.05) is 23.8 Å². The van der Waals surface area contributed by atoms with Crippen LogP contribution in [0.2, 0.25) is 0 Å². The first kappa shape index (κ1) is 14.5. The molecule has 4 nitrogen and oxygen atoms in total. The molecule has 1 heterocycles. The Morgan fingerprint density at radius 2 is 2.30 bits per heavy atom. The van der Waals surface area contributed by atoms with Crippen LogP contribution in [0, 0.1) is 5.82 Å². The van der Waals surface area contributed by atoms with Crippen LogP contribution in [0.3, 0.4) is 0 Å². The van der Waals surface area contributed by atoms with E-state index in [9.17, 15) is 4.39 Å². The molecular formula is C15H20FN3O. The first-order valence-corrected chi connectivity index (χ1v) is 6.77. The molecule has 2 N–H and O–H groups in total. The Hall–Kier alpha value is -1.88. The Bertz CT molecular complexity index is 526. The van der Waals surface area contributed by atoms with Gasteiger partial charge < -0.3 is 15.0 Å². The highest BCUT2D eigenvalue weighted by atomic mass is 19.1. The molecule has 108 valence electrons. The van der Waals surface area contributed by atoms with Crippen LogP contribution in [0.4, 0.5) is 4.39 Å². The van der Waals surface area contributed by atoms with E-state index < -0.39 is 0 Å². The van der Waals surface area contributed by atoms with Crippen LogP contribution in [0.1, 0.15) is 18.9 Å². The highest BCUT2D eigenvalue weighted by Crippen LogP contribution is 2.19. The average molecular weight is 277 g/mol. The minimum Gasteiger partial charge on any atom is -0.490 e. The monoisotopic (exact) mass is 277 g/mol. The first-order chi connectivity index (χ1) is 9.65. The summed E-state index contributed by atoms with van der Waals surface area (Å²) in [6.07, 6.45) is 6.85. The lowest BCUT2D eigenvalue weighted by Gasteiger charge is -2.10. The third kappa shape index (κ3) is 4.35. The summed E-state index contributed by atoms with van der Waals surface area (Å²) in [6, 6.07) is 5.05. The summed E-state index contributed by atoms with van der Waals surface area (Å²) < 4.78 is 21.2. The van der Waals surface area contributed by atoms with Crippen LogP contribution in [0.25, 0.3) is 0 Å². The molecule has 0 saturated heterocycles. The molecular weight excluding hydrogens is 257 g/mol. The Labute approximate surface area is 118 Å². The summed E-state index contributed by atoms with van der Waals surface area (Å²) in [4.78, 5) is 3.96. The maximum absolute atomic E-state index is 13.8. The highest BCUT2D eigenvalue weighted by Gasteiger charge is 2.06. The zero-order valence-corrected chi connectivity index (χ0v) is 11.6. The molecule has 0 fully saturated rings. The fourth-order valence-corrected chi connectivity index (χ4v) is 2.01. The van der Waals surface area contributed by atoms with Gasteiger partial charge in [0.2, 0.25) is 0 Å². The van der Waals surface area contributed by atoms with Crippen molar-refractivity contribution >= 4 is 0 Å². The van der Waals surface area contributed by atoms with E-state index in [4.69, 9.17) is 10.5 Å². The predicted molar refractivity (Wildman–Crippen MR) is 76.1 cm³/mol. The molecule has 0 spiro atoms. The molecule has 0 aliphatic carbocycles. The Kier molecular flexibility index (Phi) is 5.12. The van der Waals surface area contributed by atoms with E-state index in [0.717, 1.165) is 18.5 Å². The van der Waals surface area contributed by atoms with Crippen LogP contribution >= 0.6 is 0 Å². The number of nitrogens with two attached hydrogens (primary N) is 1. The lowest BCUT2D eigenvalue weighted by atomic mass is 10.1. The van der Waals surface area contributed by atoms with Gasteiger partial charge in [-0.15, -0.1) is 0 Å². The number of aryl methyl sites for hydroxylation is 1. The van der Waals surface area contributed by atoms with Gasteiger partial charge in [0, 0.05) is 25.0 Å². The number of nitrogens with zero attached hydrogens (tertiary/aromatic N) is 2. The maximum atomic E-state index is 13.8. The van der Waals surface area contributed by atoms with E-state index in [1.54, 1.807) is 18.6 Å².